The Labute approximate surface area is 177 Å². The first-order valence-corrected chi connectivity index (χ1v) is 12.4. The Kier molecular flexibility index (Phi) is 21.8. The number of hydrogen-bond donors (Lipinski definition) is 1. The Morgan fingerprint density at radius 2 is 1.00 bits per heavy atom. The zero-order valence-electron chi connectivity index (χ0n) is 19.4. The number of aliphatic hydroxyl groups is 1. The van der Waals surface area contributed by atoms with Gasteiger partial charge in [-0.05, 0) is 11.5 Å². The van der Waals surface area contributed by atoms with Crippen LogP contribution in [0.15, 0.2) is 30.3 Å². The molecule has 0 aliphatic heterocycles. The van der Waals surface area contributed by atoms with Crippen LogP contribution in [-0.4, -0.2) is 5.11 Å². The molecule has 0 bridgehead atoms. The summed E-state index contributed by atoms with van der Waals surface area (Å²) in [6.07, 6.45) is 23.3. The van der Waals surface area contributed by atoms with Crippen LogP contribution < -0.4 is 0 Å². The van der Waals surface area contributed by atoms with E-state index in [1.165, 1.54) is 103 Å². The van der Waals surface area contributed by atoms with Gasteiger partial charge >= 0.3 is 0 Å². The van der Waals surface area contributed by atoms with Gasteiger partial charge in [-0.25, -0.2) is 0 Å². The van der Waals surface area contributed by atoms with Crippen molar-refractivity contribution in [3.8, 4) is 0 Å². The molecule has 0 fully saturated rings. The number of rotatable bonds is 17. The van der Waals surface area contributed by atoms with Crippen molar-refractivity contribution in [3.05, 3.63) is 35.9 Å². The SMILES string of the molecule is CCCCCCCCCCCCC(C)CCCCCC.OCc1ccccc1. The smallest absolute Gasteiger partial charge is 0.0681 e. The van der Waals surface area contributed by atoms with Gasteiger partial charge in [0.05, 0.1) is 6.61 Å². The third kappa shape index (κ3) is 19.9. The van der Waals surface area contributed by atoms with Crippen molar-refractivity contribution in [1.82, 2.24) is 0 Å². The van der Waals surface area contributed by atoms with Crippen molar-refractivity contribution >= 4 is 0 Å². The molecule has 0 radical (unpaired) electrons. The molecule has 1 rings (SSSR count). The highest BCUT2D eigenvalue weighted by molar-refractivity contribution is 5.12. The molecule has 0 aliphatic rings. The predicted molar refractivity (Wildman–Crippen MR) is 127 cm³/mol. The molecule has 0 saturated carbocycles. The average Bonchev–Trinajstić information content (AvgIpc) is 2.73. The molecule has 164 valence electrons. The average molecular weight is 391 g/mol. The Balaban J connectivity index is 0.000000749. The summed E-state index contributed by atoms with van der Waals surface area (Å²) in [7, 11) is 0. The first-order chi connectivity index (χ1) is 13.7. The Hall–Kier alpha value is -0.820. The van der Waals surface area contributed by atoms with E-state index < -0.39 is 0 Å². The molecule has 0 spiro atoms. The highest BCUT2D eigenvalue weighted by Crippen LogP contribution is 2.18. The quantitative estimate of drug-likeness (QED) is 0.263. The van der Waals surface area contributed by atoms with Crippen LogP contribution in [0.5, 0.6) is 0 Å². The second-order valence-corrected chi connectivity index (χ2v) is 8.57. The van der Waals surface area contributed by atoms with Gasteiger partial charge in [0.2, 0.25) is 0 Å². The Morgan fingerprint density at radius 1 is 0.607 bits per heavy atom. The normalized spacial score (nSPS) is 11.7. The molecule has 0 aliphatic carbocycles. The van der Waals surface area contributed by atoms with E-state index in [-0.39, 0.29) is 6.61 Å². The monoisotopic (exact) mass is 390 g/mol. The van der Waals surface area contributed by atoms with E-state index in [1.54, 1.807) is 0 Å². The van der Waals surface area contributed by atoms with E-state index in [4.69, 9.17) is 5.11 Å². The predicted octanol–water partition coefficient (Wildman–Crippen LogP) is 9.08. The van der Waals surface area contributed by atoms with Gasteiger partial charge in [0, 0.05) is 0 Å². The van der Waals surface area contributed by atoms with Crippen LogP contribution in [0.2, 0.25) is 0 Å². The number of aliphatic hydroxyl groups excluding tert-OH is 1. The highest BCUT2D eigenvalue weighted by atomic mass is 16.3. The summed E-state index contributed by atoms with van der Waals surface area (Å²) in [6, 6.07) is 9.52. The summed E-state index contributed by atoms with van der Waals surface area (Å²) < 4.78 is 0. The van der Waals surface area contributed by atoms with Crippen LogP contribution >= 0.6 is 0 Å². The van der Waals surface area contributed by atoms with Crippen molar-refractivity contribution in [2.24, 2.45) is 5.92 Å². The van der Waals surface area contributed by atoms with Crippen molar-refractivity contribution in [3.63, 3.8) is 0 Å². The molecule has 1 aromatic carbocycles. The summed E-state index contributed by atoms with van der Waals surface area (Å²) in [4.78, 5) is 0. The van der Waals surface area contributed by atoms with E-state index >= 15 is 0 Å². The molecule has 0 amide bonds. The molecule has 0 saturated heterocycles. The third-order valence-electron chi connectivity index (χ3n) is 5.63. The van der Waals surface area contributed by atoms with Gasteiger partial charge in [-0.2, -0.15) is 0 Å². The minimum absolute atomic E-state index is 0.140. The van der Waals surface area contributed by atoms with Crippen LogP contribution in [0.4, 0.5) is 0 Å². The molecule has 28 heavy (non-hydrogen) atoms. The van der Waals surface area contributed by atoms with E-state index in [0.29, 0.717) is 0 Å². The maximum atomic E-state index is 8.54. The van der Waals surface area contributed by atoms with Gasteiger partial charge in [0.15, 0.2) is 0 Å². The maximum absolute atomic E-state index is 8.54. The van der Waals surface area contributed by atoms with Crippen LogP contribution in [0.25, 0.3) is 0 Å². The zero-order valence-corrected chi connectivity index (χ0v) is 19.4. The largest absolute Gasteiger partial charge is 0.392 e. The Morgan fingerprint density at radius 3 is 1.39 bits per heavy atom. The van der Waals surface area contributed by atoms with Crippen molar-refractivity contribution < 1.29 is 5.11 Å². The minimum atomic E-state index is 0.140. The standard InChI is InChI=1S/C20H42.C7H8O/c1-4-6-8-10-11-12-13-14-15-17-19-20(3)18-16-9-7-5-2;8-6-7-4-2-1-3-5-7/h20H,4-19H2,1-3H3;1-5,8H,6H2. The molecule has 1 heteroatoms. The van der Waals surface area contributed by atoms with E-state index in [9.17, 15) is 0 Å². The van der Waals surface area contributed by atoms with Gasteiger partial charge in [0.25, 0.3) is 0 Å². The molecule has 1 N–H and O–H groups in total. The van der Waals surface area contributed by atoms with Crippen LogP contribution in [-0.2, 0) is 6.61 Å². The number of hydrogen-bond acceptors (Lipinski definition) is 1. The van der Waals surface area contributed by atoms with Crippen molar-refractivity contribution in [2.75, 3.05) is 0 Å². The second-order valence-electron chi connectivity index (χ2n) is 8.57. The molecule has 0 aromatic heterocycles. The first-order valence-electron chi connectivity index (χ1n) is 12.4. The zero-order chi connectivity index (χ0) is 20.7. The highest BCUT2D eigenvalue weighted by Gasteiger charge is 2.01. The van der Waals surface area contributed by atoms with E-state index in [2.05, 4.69) is 20.8 Å². The van der Waals surface area contributed by atoms with E-state index in [0.717, 1.165) is 11.5 Å². The lowest BCUT2D eigenvalue weighted by atomic mass is 9.96. The van der Waals surface area contributed by atoms with Gasteiger partial charge in [-0.1, -0.05) is 154 Å². The summed E-state index contributed by atoms with van der Waals surface area (Å²) >= 11 is 0. The summed E-state index contributed by atoms with van der Waals surface area (Å²) in [5, 5.41) is 8.54. The van der Waals surface area contributed by atoms with Gasteiger partial charge in [-0.15, -0.1) is 0 Å². The summed E-state index contributed by atoms with van der Waals surface area (Å²) in [5.74, 6) is 0.973. The molecule has 1 atom stereocenters. The maximum Gasteiger partial charge on any atom is 0.0681 e. The van der Waals surface area contributed by atoms with Gasteiger partial charge in [-0.3, -0.25) is 0 Å². The molecule has 0 heterocycles. The molecule has 1 unspecified atom stereocenters. The van der Waals surface area contributed by atoms with Crippen molar-refractivity contribution in [2.45, 2.75) is 130 Å². The fourth-order valence-corrected chi connectivity index (χ4v) is 3.63. The Bertz CT molecular complexity index is 387. The molecular formula is C27H50O. The molecular weight excluding hydrogens is 340 g/mol. The van der Waals surface area contributed by atoms with E-state index in [1.807, 2.05) is 30.3 Å². The van der Waals surface area contributed by atoms with Gasteiger partial charge in [0.1, 0.15) is 0 Å². The summed E-state index contributed by atoms with van der Waals surface area (Å²) in [6.45, 7) is 7.19. The minimum Gasteiger partial charge on any atom is -0.392 e. The molecule has 1 aromatic rings. The fourth-order valence-electron chi connectivity index (χ4n) is 3.63. The van der Waals surface area contributed by atoms with Gasteiger partial charge < -0.3 is 5.11 Å². The number of unbranched alkanes of at least 4 members (excludes halogenated alkanes) is 12. The lowest BCUT2D eigenvalue weighted by Crippen LogP contribution is -1.95. The van der Waals surface area contributed by atoms with Crippen LogP contribution in [0, 0.1) is 5.92 Å². The second kappa shape index (κ2) is 22.5. The third-order valence-corrected chi connectivity index (χ3v) is 5.63. The van der Waals surface area contributed by atoms with Crippen LogP contribution in [0.3, 0.4) is 0 Å². The summed E-state index contributed by atoms with van der Waals surface area (Å²) in [5.41, 5.74) is 0.965. The lowest BCUT2D eigenvalue weighted by molar-refractivity contribution is 0.282. The first kappa shape index (κ1) is 27.2. The lowest BCUT2D eigenvalue weighted by Gasteiger charge is -2.10. The topological polar surface area (TPSA) is 20.2 Å². The van der Waals surface area contributed by atoms with Crippen molar-refractivity contribution in [1.29, 1.82) is 0 Å². The molecule has 1 nitrogen and oxygen atoms in total. The number of benzene rings is 1. The fraction of sp³-hybridized carbons (Fsp3) is 0.778. The van der Waals surface area contributed by atoms with Crippen LogP contribution in [0.1, 0.15) is 129 Å².